The summed E-state index contributed by atoms with van der Waals surface area (Å²) < 4.78 is 5.50. The Labute approximate surface area is 104 Å². The van der Waals surface area contributed by atoms with Crippen LogP contribution in [0.15, 0.2) is 4.99 Å². The lowest BCUT2D eigenvalue weighted by molar-refractivity contribution is 0.00512. The quantitative estimate of drug-likeness (QED) is 0.601. The molecule has 1 aliphatic carbocycles. The van der Waals surface area contributed by atoms with Crippen LogP contribution in [0.2, 0.25) is 0 Å². The third-order valence-electron chi connectivity index (χ3n) is 4.31. The zero-order chi connectivity index (χ0) is 12.3. The van der Waals surface area contributed by atoms with Crippen molar-refractivity contribution in [3.05, 3.63) is 0 Å². The molecule has 2 rings (SSSR count). The summed E-state index contributed by atoms with van der Waals surface area (Å²) in [5.74, 6) is 0.708. The topological polar surface area (TPSA) is 50.8 Å². The standard InChI is InChI=1S/C13H25N3O/c1-3-13(5-4-6-13)10-15-12(14)16-7-8-17-11(2)9-16/h11H,3-10H2,1-2H3,(H2,14,15). The van der Waals surface area contributed by atoms with E-state index in [2.05, 4.69) is 23.7 Å². The lowest BCUT2D eigenvalue weighted by Crippen LogP contribution is -2.48. The summed E-state index contributed by atoms with van der Waals surface area (Å²) >= 11 is 0. The SMILES string of the molecule is CCC1(CN=C(N)N2CCOC(C)C2)CCC1. The van der Waals surface area contributed by atoms with Crippen molar-refractivity contribution in [1.82, 2.24) is 4.90 Å². The normalized spacial score (nSPS) is 28.9. The first-order valence-corrected chi connectivity index (χ1v) is 6.82. The molecule has 17 heavy (non-hydrogen) atoms. The van der Waals surface area contributed by atoms with Gasteiger partial charge in [0.1, 0.15) is 0 Å². The molecule has 1 heterocycles. The van der Waals surface area contributed by atoms with Crippen LogP contribution in [0.5, 0.6) is 0 Å². The monoisotopic (exact) mass is 239 g/mol. The van der Waals surface area contributed by atoms with Crippen LogP contribution in [-0.4, -0.2) is 43.2 Å². The lowest BCUT2D eigenvalue weighted by atomic mass is 9.67. The molecule has 4 nitrogen and oxygen atoms in total. The first-order chi connectivity index (χ1) is 8.15. The molecule has 0 aromatic carbocycles. The minimum absolute atomic E-state index is 0.265. The lowest BCUT2D eigenvalue weighted by Gasteiger charge is -2.40. The molecule has 1 saturated heterocycles. The third kappa shape index (κ3) is 2.92. The van der Waals surface area contributed by atoms with Gasteiger partial charge in [-0.2, -0.15) is 0 Å². The smallest absolute Gasteiger partial charge is 0.191 e. The van der Waals surface area contributed by atoms with Crippen LogP contribution < -0.4 is 5.73 Å². The molecule has 1 aliphatic heterocycles. The summed E-state index contributed by atoms with van der Waals surface area (Å²) in [6, 6.07) is 0. The van der Waals surface area contributed by atoms with E-state index in [0.29, 0.717) is 11.4 Å². The van der Waals surface area contributed by atoms with Crippen LogP contribution in [0.3, 0.4) is 0 Å². The van der Waals surface area contributed by atoms with Gasteiger partial charge >= 0.3 is 0 Å². The minimum Gasteiger partial charge on any atom is -0.375 e. The number of ether oxygens (including phenoxy) is 1. The van der Waals surface area contributed by atoms with Gasteiger partial charge < -0.3 is 15.4 Å². The van der Waals surface area contributed by atoms with Gasteiger partial charge in [0.05, 0.1) is 12.7 Å². The molecule has 0 aromatic heterocycles. The van der Waals surface area contributed by atoms with Crippen molar-refractivity contribution in [2.24, 2.45) is 16.1 Å². The number of nitrogens with two attached hydrogens (primary N) is 1. The third-order valence-corrected chi connectivity index (χ3v) is 4.31. The van der Waals surface area contributed by atoms with Gasteiger partial charge in [0.15, 0.2) is 5.96 Å². The van der Waals surface area contributed by atoms with Gasteiger partial charge in [0.25, 0.3) is 0 Å². The van der Waals surface area contributed by atoms with Crippen LogP contribution in [0.4, 0.5) is 0 Å². The summed E-state index contributed by atoms with van der Waals surface area (Å²) in [7, 11) is 0. The van der Waals surface area contributed by atoms with Crippen LogP contribution in [0.1, 0.15) is 39.5 Å². The van der Waals surface area contributed by atoms with Gasteiger partial charge in [-0.3, -0.25) is 4.99 Å². The fourth-order valence-electron chi connectivity index (χ4n) is 2.68. The zero-order valence-corrected chi connectivity index (χ0v) is 11.1. The fourth-order valence-corrected chi connectivity index (χ4v) is 2.68. The second kappa shape index (κ2) is 5.25. The highest BCUT2D eigenvalue weighted by molar-refractivity contribution is 5.78. The van der Waals surface area contributed by atoms with E-state index >= 15 is 0 Å². The molecule has 0 spiro atoms. The van der Waals surface area contributed by atoms with Gasteiger partial charge in [-0.25, -0.2) is 0 Å². The Bertz CT molecular complexity index is 281. The van der Waals surface area contributed by atoms with Crippen molar-refractivity contribution in [1.29, 1.82) is 0 Å². The van der Waals surface area contributed by atoms with Crippen molar-refractivity contribution >= 4 is 5.96 Å². The van der Waals surface area contributed by atoms with Gasteiger partial charge in [-0.05, 0) is 31.6 Å². The summed E-state index contributed by atoms with van der Waals surface area (Å²) in [4.78, 5) is 6.76. The predicted octanol–water partition coefficient (Wildman–Crippen LogP) is 1.60. The molecule has 0 radical (unpaired) electrons. The first kappa shape index (κ1) is 12.7. The van der Waals surface area contributed by atoms with E-state index < -0.39 is 0 Å². The molecule has 2 N–H and O–H groups in total. The van der Waals surface area contributed by atoms with Crippen LogP contribution >= 0.6 is 0 Å². The van der Waals surface area contributed by atoms with E-state index in [1.54, 1.807) is 0 Å². The van der Waals surface area contributed by atoms with E-state index in [1.165, 1.54) is 25.7 Å². The molecular formula is C13H25N3O. The van der Waals surface area contributed by atoms with Crippen LogP contribution in [-0.2, 0) is 4.74 Å². The maximum absolute atomic E-state index is 6.07. The van der Waals surface area contributed by atoms with Gasteiger partial charge in [0, 0.05) is 19.6 Å². The summed E-state index contributed by atoms with van der Waals surface area (Å²) in [5, 5.41) is 0. The van der Waals surface area contributed by atoms with Crippen molar-refractivity contribution in [3.8, 4) is 0 Å². The average Bonchev–Trinajstić information content (AvgIpc) is 2.28. The maximum Gasteiger partial charge on any atom is 0.191 e. The predicted molar refractivity (Wildman–Crippen MR) is 70.1 cm³/mol. The number of aliphatic imine (C=N–C) groups is 1. The zero-order valence-electron chi connectivity index (χ0n) is 11.1. The number of hydrogen-bond donors (Lipinski definition) is 1. The number of nitrogens with zero attached hydrogens (tertiary/aromatic N) is 2. The second-order valence-corrected chi connectivity index (χ2v) is 5.51. The van der Waals surface area contributed by atoms with Crippen molar-refractivity contribution in [3.63, 3.8) is 0 Å². The van der Waals surface area contributed by atoms with E-state index in [9.17, 15) is 0 Å². The summed E-state index contributed by atoms with van der Waals surface area (Å²) in [5.41, 5.74) is 6.53. The molecule has 2 fully saturated rings. The fraction of sp³-hybridized carbons (Fsp3) is 0.923. The van der Waals surface area contributed by atoms with Gasteiger partial charge in [0.2, 0.25) is 0 Å². The molecule has 0 amide bonds. The molecule has 0 bridgehead atoms. The number of guanidine groups is 1. The van der Waals surface area contributed by atoms with E-state index in [4.69, 9.17) is 10.5 Å². The van der Waals surface area contributed by atoms with Gasteiger partial charge in [-0.1, -0.05) is 13.3 Å². The Morgan fingerprint density at radius 3 is 2.82 bits per heavy atom. The van der Waals surface area contributed by atoms with E-state index in [-0.39, 0.29) is 6.10 Å². The Morgan fingerprint density at radius 2 is 2.29 bits per heavy atom. The number of morpholine rings is 1. The molecule has 1 saturated carbocycles. The van der Waals surface area contributed by atoms with E-state index in [1.807, 2.05) is 0 Å². The first-order valence-electron chi connectivity index (χ1n) is 6.82. The summed E-state index contributed by atoms with van der Waals surface area (Å²) in [6.45, 7) is 7.76. The average molecular weight is 239 g/mol. The molecule has 0 aromatic rings. The molecule has 1 unspecified atom stereocenters. The highest BCUT2D eigenvalue weighted by Crippen LogP contribution is 2.43. The van der Waals surface area contributed by atoms with Crippen LogP contribution in [0, 0.1) is 5.41 Å². The largest absolute Gasteiger partial charge is 0.375 e. The highest BCUT2D eigenvalue weighted by Gasteiger charge is 2.34. The molecule has 98 valence electrons. The van der Waals surface area contributed by atoms with Crippen LogP contribution in [0.25, 0.3) is 0 Å². The Balaban J connectivity index is 1.87. The maximum atomic E-state index is 6.07. The Kier molecular flexibility index (Phi) is 3.92. The molecule has 4 heteroatoms. The number of hydrogen-bond acceptors (Lipinski definition) is 2. The summed E-state index contributed by atoms with van der Waals surface area (Å²) in [6.07, 6.45) is 5.49. The van der Waals surface area contributed by atoms with Crippen molar-refractivity contribution in [2.45, 2.75) is 45.6 Å². The minimum atomic E-state index is 0.265. The van der Waals surface area contributed by atoms with E-state index in [0.717, 1.165) is 26.2 Å². The van der Waals surface area contributed by atoms with Crippen molar-refractivity contribution in [2.75, 3.05) is 26.2 Å². The Morgan fingerprint density at radius 1 is 1.53 bits per heavy atom. The second-order valence-electron chi connectivity index (χ2n) is 5.51. The Hall–Kier alpha value is -0.770. The van der Waals surface area contributed by atoms with Crippen molar-refractivity contribution < 1.29 is 4.74 Å². The molecule has 1 atom stereocenters. The van der Waals surface area contributed by atoms with Gasteiger partial charge in [-0.15, -0.1) is 0 Å². The molecular weight excluding hydrogens is 214 g/mol. The molecule has 2 aliphatic rings. The highest BCUT2D eigenvalue weighted by atomic mass is 16.5. The number of rotatable bonds is 3.